The average Bonchev–Trinajstić information content (AvgIpc) is 3.10. The smallest absolute Gasteiger partial charge is 0.225 e. The van der Waals surface area contributed by atoms with Crippen LogP contribution in [0.5, 0.6) is 0 Å². The SMILES string of the molecule is CCN(CC1CC1)c1ncc(CO)cn1. The first-order chi connectivity index (χ1) is 7.33. The fourth-order valence-corrected chi connectivity index (χ4v) is 1.56. The van der Waals surface area contributed by atoms with Crippen LogP contribution in [0.15, 0.2) is 12.4 Å². The van der Waals surface area contributed by atoms with E-state index in [0.29, 0.717) is 0 Å². The Balaban J connectivity index is 2.03. The zero-order valence-corrected chi connectivity index (χ0v) is 9.06. The van der Waals surface area contributed by atoms with E-state index in [4.69, 9.17) is 5.11 Å². The number of aromatic nitrogens is 2. The normalized spacial score (nSPS) is 15.3. The minimum absolute atomic E-state index is 0.00896. The van der Waals surface area contributed by atoms with Gasteiger partial charge in [-0.2, -0.15) is 0 Å². The van der Waals surface area contributed by atoms with Crippen molar-refractivity contribution >= 4 is 5.95 Å². The lowest BCUT2D eigenvalue weighted by molar-refractivity contribution is 0.281. The van der Waals surface area contributed by atoms with Crippen LogP contribution in [0.3, 0.4) is 0 Å². The maximum absolute atomic E-state index is 8.89. The van der Waals surface area contributed by atoms with E-state index >= 15 is 0 Å². The lowest BCUT2D eigenvalue weighted by Crippen LogP contribution is -2.27. The second-order valence-corrected chi connectivity index (χ2v) is 4.03. The molecule has 1 aliphatic carbocycles. The van der Waals surface area contributed by atoms with Gasteiger partial charge in [-0.25, -0.2) is 9.97 Å². The Morgan fingerprint density at radius 3 is 2.53 bits per heavy atom. The fraction of sp³-hybridized carbons (Fsp3) is 0.636. The number of anilines is 1. The number of rotatable bonds is 5. The van der Waals surface area contributed by atoms with Crippen molar-refractivity contribution in [3.8, 4) is 0 Å². The van der Waals surface area contributed by atoms with Gasteiger partial charge in [0.05, 0.1) is 6.61 Å². The van der Waals surface area contributed by atoms with Crippen LogP contribution in [0.4, 0.5) is 5.95 Å². The van der Waals surface area contributed by atoms with Gasteiger partial charge in [0, 0.05) is 31.0 Å². The summed E-state index contributed by atoms with van der Waals surface area (Å²) in [5.74, 6) is 1.62. The molecule has 0 aromatic carbocycles. The van der Waals surface area contributed by atoms with Crippen LogP contribution in [0, 0.1) is 5.92 Å². The molecule has 1 fully saturated rings. The molecule has 1 heterocycles. The van der Waals surface area contributed by atoms with Gasteiger partial charge in [-0.3, -0.25) is 0 Å². The number of nitrogens with zero attached hydrogens (tertiary/aromatic N) is 3. The van der Waals surface area contributed by atoms with E-state index in [0.717, 1.165) is 30.5 Å². The molecule has 1 aromatic heterocycles. The van der Waals surface area contributed by atoms with E-state index < -0.39 is 0 Å². The van der Waals surface area contributed by atoms with Gasteiger partial charge >= 0.3 is 0 Å². The zero-order chi connectivity index (χ0) is 10.7. The molecule has 0 bridgehead atoms. The van der Waals surface area contributed by atoms with Crippen molar-refractivity contribution in [3.63, 3.8) is 0 Å². The summed E-state index contributed by atoms with van der Waals surface area (Å²) >= 11 is 0. The summed E-state index contributed by atoms with van der Waals surface area (Å²) in [5.41, 5.74) is 0.765. The largest absolute Gasteiger partial charge is 0.392 e. The highest BCUT2D eigenvalue weighted by Gasteiger charge is 2.24. The van der Waals surface area contributed by atoms with Gasteiger partial charge in [-0.05, 0) is 25.7 Å². The summed E-state index contributed by atoms with van der Waals surface area (Å²) < 4.78 is 0. The maximum atomic E-state index is 8.89. The van der Waals surface area contributed by atoms with E-state index in [1.54, 1.807) is 12.4 Å². The molecule has 2 rings (SSSR count). The summed E-state index contributed by atoms with van der Waals surface area (Å²) in [6.07, 6.45) is 6.06. The Kier molecular flexibility index (Phi) is 3.16. The van der Waals surface area contributed by atoms with E-state index in [9.17, 15) is 0 Å². The summed E-state index contributed by atoms with van der Waals surface area (Å²) in [6, 6.07) is 0. The number of aliphatic hydroxyl groups is 1. The lowest BCUT2D eigenvalue weighted by atomic mass is 10.3. The lowest BCUT2D eigenvalue weighted by Gasteiger charge is -2.20. The van der Waals surface area contributed by atoms with Gasteiger partial charge in [-0.1, -0.05) is 0 Å². The highest BCUT2D eigenvalue weighted by atomic mass is 16.3. The van der Waals surface area contributed by atoms with Crippen LogP contribution >= 0.6 is 0 Å². The van der Waals surface area contributed by atoms with Crippen LogP contribution in [0.25, 0.3) is 0 Å². The van der Waals surface area contributed by atoms with E-state index in [1.807, 2.05) is 0 Å². The first-order valence-electron chi connectivity index (χ1n) is 5.50. The average molecular weight is 207 g/mol. The third kappa shape index (κ3) is 2.65. The quantitative estimate of drug-likeness (QED) is 0.788. The van der Waals surface area contributed by atoms with Gasteiger partial charge in [0.2, 0.25) is 5.95 Å². The van der Waals surface area contributed by atoms with Crippen LogP contribution in [0.1, 0.15) is 25.3 Å². The first-order valence-corrected chi connectivity index (χ1v) is 5.50. The minimum Gasteiger partial charge on any atom is -0.392 e. The molecule has 0 atom stereocenters. The third-order valence-electron chi connectivity index (χ3n) is 2.71. The first kappa shape index (κ1) is 10.4. The Hall–Kier alpha value is -1.16. The fourth-order valence-electron chi connectivity index (χ4n) is 1.56. The van der Waals surface area contributed by atoms with Crippen molar-refractivity contribution < 1.29 is 5.11 Å². The van der Waals surface area contributed by atoms with E-state index in [-0.39, 0.29) is 6.61 Å². The molecule has 0 amide bonds. The molecule has 1 saturated carbocycles. The molecule has 1 aromatic rings. The Morgan fingerprint density at radius 1 is 1.40 bits per heavy atom. The summed E-state index contributed by atoms with van der Waals surface area (Å²) in [5, 5.41) is 8.89. The Bertz CT molecular complexity index is 308. The third-order valence-corrected chi connectivity index (χ3v) is 2.71. The molecule has 0 saturated heterocycles. The molecule has 1 N–H and O–H groups in total. The zero-order valence-electron chi connectivity index (χ0n) is 9.06. The molecule has 4 nitrogen and oxygen atoms in total. The standard InChI is InChI=1S/C11H17N3O/c1-2-14(7-9-3-4-9)11-12-5-10(8-15)6-13-11/h5-6,9,15H,2-4,7-8H2,1H3. The summed E-state index contributed by atoms with van der Waals surface area (Å²) in [4.78, 5) is 10.7. The molecule has 0 radical (unpaired) electrons. The predicted octanol–water partition coefficient (Wildman–Crippen LogP) is 1.21. The molecule has 4 heteroatoms. The maximum Gasteiger partial charge on any atom is 0.225 e. The molecule has 1 aliphatic rings. The van der Waals surface area contributed by atoms with Gasteiger partial charge in [0.15, 0.2) is 0 Å². The van der Waals surface area contributed by atoms with Crippen molar-refractivity contribution in [2.75, 3.05) is 18.0 Å². The van der Waals surface area contributed by atoms with Gasteiger partial charge in [-0.15, -0.1) is 0 Å². The monoisotopic (exact) mass is 207 g/mol. The topological polar surface area (TPSA) is 49.2 Å². The van der Waals surface area contributed by atoms with Crippen molar-refractivity contribution in [2.24, 2.45) is 5.92 Å². The molecule has 0 unspecified atom stereocenters. The van der Waals surface area contributed by atoms with Gasteiger partial charge in [0.25, 0.3) is 0 Å². The Labute approximate surface area is 90.0 Å². The van der Waals surface area contributed by atoms with E-state index in [1.165, 1.54) is 12.8 Å². The molecule has 0 aliphatic heterocycles. The second kappa shape index (κ2) is 4.57. The van der Waals surface area contributed by atoms with Crippen molar-refractivity contribution in [1.82, 2.24) is 9.97 Å². The summed E-state index contributed by atoms with van der Waals surface area (Å²) in [7, 11) is 0. The Morgan fingerprint density at radius 2 is 2.07 bits per heavy atom. The van der Waals surface area contributed by atoms with E-state index in [2.05, 4.69) is 21.8 Å². The van der Waals surface area contributed by atoms with Gasteiger partial charge in [0.1, 0.15) is 0 Å². The molecule has 0 spiro atoms. The van der Waals surface area contributed by atoms with Crippen LogP contribution in [0.2, 0.25) is 0 Å². The number of hydrogen-bond acceptors (Lipinski definition) is 4. The van der Waals surface area contributed by atoms with Crippen molar-refractivity contribution in [2.45, 2.75) is 26.4 Å². The molecule has 15 heavy (non-hydrogen) atoms. The second-order valence-electron chi connectivity index (χ2n) is 4.03. The minimum atomic E-state index is 0.00896. The highest BCUT2D eigenvalue weighted by Crippen LogP contribution is 2.30. The molecule has 82 valence electrons. The predicted molar refractivity (Wildman–Crippen MR) is 58.6 cm³/mol. The van der Waals surface area contributed by atoms with Crippen LogP contribution < -0.4 is 4.90 Å². The van der Waals surface area contributed by atoms with Gasteiger partial charge < -0.3 is 10.0 Å². The highest BCUT2D eigenvalue weighted by molar-refractivity contribution is 5.29. The molecular formula is C11H17N3O. The number of aliphatic hydroxyl groups excluding tert-OH is 1. The number of hydrogen-bond donors (Lipinski definition) is 1. The summed E-state index contributed by atoms with van der Waals surface area (Å²) in [6.45, 7) is 4.13. The molecular weight excluding hydrogens is 190 g/mol. The van der Waals surface area contributed by atoms with Crippen molar-refractivity contribution in [1.29, 1.82) is 0 Å². The van der Waals surface area contributed by atoms with Crippen molar-refractivity contribution in [3.05, 3.63) is 18.0 Å². The van der Waals surface area contributed by atoms with Crippen LogP contribution in [-0.2, 0) is 6.61 Å². The van der Waals surface area contributed by atoms with Crippen LogP contribution in [-0.4, -0.2) is 28.2 Å².